The molecule has 4 aliphatic carbocycles. The number of rotatable bonds is 2. The van der Waals surface area contributed by atoms with Crippen molar-refractivity contribution in [1.82, 2.24) is 5.32 Å². The van der Waals surface area contributed by atoms with Crippen LogP contribution in [0.15, 0.2) is 0 Å². The second-order valence-corrected chi connectivity index (χ2v) is 6.34. The molecule has 0 aliphatic heterocycles. The fourth-order valence-corrected chi connectivity index (χ4v) is 4.39. The lowest BCUT2D eigenvalue weighted by Crippen LogP contribution is -2.50. The lowest BCUT2D eigenvalue weighted by Gasteiger charge is -2.34. The summed E-state index contributed by atoms with van der Waals surface area (Å²) < 4.78 is 0. The zero-order valence-corrected chi connectivity index (χ0v) is 9.75. The quantitative estimate of drug-likeness (QED) is 0.740. The summed E-state index contributed by atoms with van der Waals surface area (Å²) in [6, 6.07) is 0. The molecule has 4 aliphatic rings. The van der Waals surface area contributed by atoms with E-state index in [1.54, 1.807) is 0 Å². The molecule has 4 fully saturated rings. The van der Waals surface area contributed by atoms with Crippen LogP contribution in [0.1, 0.15) is 46.0 Å². The SMILES string of the molecule is CC(C)C(=O)NC12CC3CC(CC1C3)C2. The third-order valence-electron chi connectivity index (χ3n) is 4.89. The molecular weight excluding hydrogens is 186 g/mol. The number of nitrogens with one attached hydrogen (secondary N) is 1. The largest absolute Gasteiger partial charge is 0.350 e. The standard InChI is InChI=1S/C13H21NO/c1-8(2)12(15)14-13-6-9-3-10(7-13)5-11(13)4-9/h8-11H,3-7H2,1-2H3,(H,14,15). The first-order chi connectivity index (χ1) is 7.09. The van der Waals surface area contributed by atoms with Crippen molar-refractivity contribution >= 4 is 5.91 Å². The van der Waals surface area contributed by atoms with Gasteiger partial charge in [0.05, 0.1) is 0 Å². The second-order valence-electron chi connectivity index (χ2n) is 6.34. The lowest BCUT2D eigenvalue weighted by atomic mass is 9.80. The van der Waals surface area contributed by atoms with Crippen molar-refractivity contribution in [1.29, 1.82) is 0 Å². The summed E-state index contributed by atoms with van der Waals surface area (Å²) in [7, 11) is 0. The molecule has 0 heterocycles. The Labute approximate surface area is 91.8 Å². The molecule has 0 spiro atoms. The molecule has 0 aromatic rings. The maximum Gasteiger partial charge on any atom is 0.222 e. The molecule has 2 nitrogen and oxygen atoms in total. The molecule has 0 aromatic heterocycles. The fraction of sp³-hybridized carbons (Fsp3) is 0.923. The van der Waals surface area contributed by atoms with Crippen LogP contribution in [-0.4, -0.2) is 11.4 Å². The molecule has 4 saturated carbocycles. The van der Waals surface area contributed by atoms with Crippen molar-refractivity contribution in [2.45, 2.75) is 51.5 Å². The highest BCUT2D eigenvalue weighted by molar-refractivity contribution is 5.79. The smallest absolute Gasteiger partial charge is 0.222 e. The van der Waals surface area contributed by atoms with Gasteiger partial charge in [-0.1, -0.05) is 13.8 Å². The molecule has 4 bridgehead atoms. The molecule has 84 valence electrons. The van der Waals surface area contributed by atoms with Crippen molar-refractivity contribution < 1.29 is 4.79 Å². The van der Waals surface area contributed by atoms with Gasteiger partial charge in [0.2, 0.25) is 5.91 Å². The number of carbonyl (C=O) groups is 1. The van der Waals surface area contributed by atoms with Crippen molar-refractivity contribution in [3.63, 3.8) is 0 Å². The first kappa shape index (κ1) is 9.68. The summed E-state index contributed by atoms with van der Waals surface area (Å²) in [6.45, 7) is 3.98. The van der Waals surface area contributed by atoms with E-state index in [-0.39, 0.29) is 17.4 Å². The van der Waals surface area contributed by atoms with Crippen molar-refractivity contribution in [2.24, 2.45) is 23.7 Å². The third-order valence-corrected chi connectivity index (χ3v) is 4.89. The summed E-state index contributed by atoms with van der Waals surface area (Å²) in [5.41, 5.74) is 0.231. The van der Waals surface area contributed by atoms with Gasteiger partial charge in [0.1, 0.15) is 0 Å². The van der Waals surface area contributed by atoms with E-state index in [0.717, 1.165) is 17.8 Å². The Bertz CT molecular complexity index is 283. The van der Waals surface area contributed by atoms with Gasteiger partial charge in [0, 0.05) is 11.5 Å². The van der Waals surface area contributed by atoms with Gasteiger partial charge >= 0.3 is 0 Å². The fourth-order valence-electron chi connectivity index (χ4n) is 4.39. The van der Waals surface area contributed by atoms with E-state index in [0.29, 0.717) is 0 Å². The highest BCUT2D eigenvalue weighted by atomic mass is 16.2. The van der Waals surface area contributed by atoms with Gasteiger partial charge in [0.25, 0.3) is 0 Å². The Kier molecular flexibility index (Phi) is 1.93. The normalized spacial score (nSPS) is 46.5. The first-order valence-electron chi connectivity index (χ1n) is 6.41. The van der Waals surface area contributed by atoms with E-state index in [1.807, 2.05) is 13.8 Å². The highest BCUT2D eigenvalue weighted by Gasteiger charge is 2.58. The predicted molar refractivity (Wildman–Crippen MR) is 59.3 cm³/mol. The van der Waals surface area contributed by atoms with Crippen LogP contribution >= 0.6 is 0 Å². The molecule has 0 saturated heterocycles. The van der Waals surface area contributed by atoms with Crippen molar-refractivity contribution in [3.05, 3.63) is 0 Å². The van der Waals surface area contributed by atoms with E-state index in [9.17, 15) is 4.79 Å². The molecule has 2 unspecified atom stereocenters. The third kappa shape index (κ3) is 1.33. The van der Waals surface area contributed by atoms with Crippen LogP contribution in [-0.2, 0) is 4.79 Å². The minimum Gasteiger partial charge on any atom is -0.350 e. The molecular formula is C13H21NO. The van der Waals surface area contributed by atoms with E-state index in [1.165, 1.54) is 32.1 Å². The molecule has 2 heteroatoms. The van der Waals surface area contributed by atoms with Gasteiger partial charge in [-0.3, -0.25) is 4.79 Å². The molecule has 0 radical (unpaired) electrons. The van der Waals surface area contributed by atoms with Crippen LogP contribution in [0.3, 0.4) is 0 Å². The first-order valence-corrected chi connectivity index (χ1v) is 6.41. The van der Waals surface area contributed by atoms with Crippen molar-refractivity contribution in [2.75, 3.05) is 0 Å². The van der Waals surface area contributed by atoms with Gasteiger partial charge < -0.3 is 5.32 Å². The Balaban J connectivity index is 1.78. The summed E-state index contributed by atoms with van der Waals surface area (Å²) in [5, 5.41) is 3.38. The van der Waals surface area contributed by atoms with E-state index in [2.05, 4.69) is 5.32 Å². The Morgan fingerprint density at radius 2 is 1.80 bits per heavy atom. The number of amides is 1. The monoisotopic (exact) mass is 207 g/mol. The maximum absolute atomic E-state index is 11.8. The minimum absolute atomic E-state index is 0.137. The molecule has 4 rings (SSSR count). The average molecular weight is 207 g/mol. The number of hydrogen-bond acceptors (Lipinski definition) is 1. The van der Waals surface area contributed by atoms with Gasteiger partial charge in [-0.2, -0.15) is 0 Å². The van der Waals surface area contributed by atoms with Crippen LogP contribution in [0.5, 0.6) is 0 Å². The van der Waals surface area contributed by atoms with Crippen LogP contribution < -0.4 is 5.32 Å². The topological polar surface area (TPSA) is 29.1 Å². The molecule has 15 heavy (non-hydrogen) atoms. The van der Waals surface area contributed by atoms with Gasteiger partial charge in [-0.15, -0.1) is 0 Å². The van der Waals surface area contributed by atoms with E-state index in [4.69, 9.17) is 0 Å². The van der Waals surface area contributed by atoms with E-state index >= 15 is 0 Å². The summed E-state index contributed by atoms with van der Waals surface area (Å²) >= 11 is 0. The van der Waals surface area contributed by atoms with Crippen LogP contribution in [0.25, 0.3) is 0 Å². The number of carbonyl (C=O) groups excluding carboxylic acids is 1. The maximum atomic E-state index is 11.8. The zero-order chi connectivity index (χ0) is 10.6. The van der Waals surface area contributed by atoms with Gasteiger partial charge in [-0.05, 0) is 49.9 Å². The Morgan fingerprint density at radius 3 is 2.33 bits per heavy atom. The van der Waals surface area contributed by atoms with Gasteiger partial charge in [0.15, 0.2) is 0 Å². The molecule has 1 amide bonds. The van der Waals surface area contributed by atoms with Crippen LogP contribution in [0.4, 0.5) is 0 Å². The van der Waals surface area contributed by atoms with Crippen LogP contribution in [0, 0.1) is 23.7 Å². The molecule has 2 atom stereocenters. The molecule has 0 aromatic carbocycles. The minimum atomic E-state index is 0.137. The predicted octanol–water partition coefficient (Wildman–Crippen LogP) is 2.34. The summed E-state index contributed by atoms with van der Waals surface area (Å²) in [6.07, 6.45) is 6.75. The van der Waals surface area contributed by atoms with E-state index < -0.39 is 0 Å². The molecule has 1 N–H and O–H groups in total. The van der Waals surface area contributed by atoms with Crippen LogP contribution in [0.2, 0.25) is 0 Å². The average Bonchev–Trinajstić information content (AvgIpc) is 2.50. The Hall–Kier alpha value is -0.530. The second kappa shape index (κ2) is 2.99. The highest BCUT2D eigenvalue weighted by Crippen LogP contribution is 2.60. The Morgan fingerprint density at radius 1 is 1.20 bits per heavy atom. The number of hydrogen-bond donors (Lipinski definition) is 1. The summed E-state index contributed by atoms with van der Waals surface area (Å²) in [5.74, 6) is 3.06. The lowest BCUT2D eigenvalue weighted by molar-refractivity contribution is -0.126. The zero-order valence-electron chi connectivity index (χ0n) is 9.75. The van der Waals surface area contributed by atoms with Gasteiger partial charge in [-0.25, -0.2) is 0 Å². The van der Waals surface area contributed by atoms with Crippen molar-refractivity contribution in [3.8, 4) is 0 Å². The summed E-state index contributed by atoms with van der Waals surface area (Å²) in [4.78, 5) is 11.8.